The van der Waals surface area contributed by atoms with Crippen LogP contribution in [0, 0.1) is 5.41 Å². The third-order valence-corrected chi connectivity index (χ3v) is 2.90. The maximum Gasteiger partial charge on any atom is -0.870 e. The Balaban J connectivity index is -0.000000750. The van der Waals surface area contributed by atoms with Crippen LogP contribution in [0.4, 0.5) is 5.69 Å². The number of carbonyl (C=O) groups is 1. The average molecular weight is 314 g/mol. The quantitative estimate of drug-likeness (QED) is 0.719. The molecule has 0 spiro atoms. The van der Waals surface area contributed by atoms with Crippen LogP contribution in [0.3, 0.4) is 0 Å². The van der Waals surface area contributed by atoms with Crippen molar-refractivity contribution in [3.63, 3.8) is 0 Å². The number of amides is 1. The van der Waals surface area contributed by atoms with E-state index in [2.05, 4.69) is 0 Å². The number of hydrogen-bond acceptors (Lipinski definition) is 4. The smallest absolute Gasteiger partial charge is 0.870 e. The molecule has 18 heavy (non-hydrogen) atoms. The van der Waals surface area contributed by atoms with Crippen LogP contribution in [-0.2, 0) is 4.79 Å². The van der Waals surface area contributed by atoms with Gasteiger partial charge in [0.1, 0.15) is 0 Å². The number of carbonyl (C=O) groups excluding carboxylic acids is 1. The molecule has 0 unspecified atom stereocenters. The molecule has 0 heterocycles. The molecule has 0 atom stereocenters. The zero-order chi connectivity index (χ0) is 11.6. The van der Waals surface area contributed by atoms with Crippen molar-refractivity contribution in [1.82, 2.24) is 0 Å². The number of anilines is 1. The van der Waals surface area contributed by atoms with Crippen LogP contribution in [0.15, 0.2) is 24.3 Å². The van der Waals surface area contributed by atoms with E-state index in [1.54, 1.807) is 4.90 Å². The van der Waals surface area contributed by atoms with Crippen molar-refractivity contribution in [1.29, 1.82) is 0 Å². The van der Waals surface area contributed by atoms with Crippen molar-refractivity contribution < 1.29 is 21.2 Å². The molecular formula is C12H19GeNO4. The van der Waals surface area contributed by atoms with Gasteiger partial charge in [-0.25, -0.2) is 0 Å². The van der Waals surface area contributed by atoms with Gasteiger partial charge in [-0.05, 0) is 0 Å². The number of nitrogens with zero attached hydrogens (tertiary/aromatic N) is 1. The van der Waals surface area contributed by atoms with Gasteiger partial charge in [0.05, 0.1) is 0 Å². The Bertz CT molecular complexity index is 359. The Morgan fingerprint density at radius 2 is 1.44 bits per heavy atom. The van der Waals surface area contributed by atoms with Crippen LogP contribution in [-0.4, -0.2) is 45.9 Å². The van der Waals surface area contributed by atoms with Crippen LogP contribution in [0.5, 0.6) is 0 Å². The molecule has 1 aromatic carbocycles. The first-order chi connectivity index (χ1) is 6.82. The number of rotatable bonds is 1. The summed E-state index contributed by atoms with van der Waals surface area (Å²) < 4.78 is 1.20. The minimum atomic E-state index is -0.334. The van der Waals surface area contributed by atoms with Gasteiger partial charge >= 0.3 is 99.7 Å². The summed E-state index contributed by atoms with van der Waals surface area (Å²) in [6, 6.07) is 7.97. The predicted octanol–water partition coefficient (Wildman–Crippen LogP) is 0.959. The Kier molecular flexibility index (Phi) is 10.2. The van der Waals surface area contributed by atoms with E-state index in [0.29, 0.717) is 0 Å². The molecule has 0 saturated carbocycles. The molecule has 0 aliphatic carbocycles. The molecule has 0 saturated heterocycles. The van der Waals surface area contributed by atoms with E-state index >= 15 is 0 Å². The Hall–Kier alpha value is -0.887. The SMILES string of the molecule is CN(C(=O)C(C)(C)C)c1cc[c]([Ge+3])cc1.[OH-].[OH-].[OH-]. The second-order valence-corrected chi connectivity index (χ2v) is 5.87. The summed E-state index contributed by atoms with van der Waals surface area (Å²) in [7, 11) is 1.82. The summed E-state index contributed by atoms with van der Waals surface area (Å²) in [5.41, 5.74) is 0.611. The van der Waals surface area contributed by atoms with Gasteiger partial charge in [0.25, 0.3) is 0 Å². The fourth-order valence-electron chi connectivity index (χ4n) is 1.31. The predicted molar refractivity (Wildman–Crippen MR) is 70.5 cm³/mol. The van der Waals surface area contributed by atoms with Crippen molar-refractivity contribution in [2.45, 2.75) is 20.8 Å². The second kappa shape index (κ2) is 8.26. The van der Waals surface area contributed by atoms with E-state index in [4.69, 9.17) is 0 Å². The minimum Gasteiger partial charge on any atom is -0.870 e. The monoisotopic (exact) mass is 315 g/mol. The summed E-state index contributed by atoms with van der Waals surface area (Å²) in [5.74, 6) is 0.131. The van der Waals surface area contributed by atoms with Gasteiger partial charge in [0.15, 0.2) is 0 Å². The van der Waals surface area contributed by atoms with E-state index < -0.39 is 0 Å². The molecular weight excluding hydrogens is 295 g/mol. The first kappa shape index (κ1) is 22.3. The number of benzene rings is 1. The molecule has 100 valence electrons. The zero-order valence-corrected chi connectivity index (χ0v) is 13.1. The van der Waals surface area contributed by atoms with Gasteiger partial charge in [-0.2, -0.15) is 0 Å². The summed E-state index contributed by atoms with van der Waals surface area (Å²) in [6.07, 6.45) is 0. The fraction of sp³-hybridized carbons (Fsp3) is 0.417. The van der Waals surface area contributed by atoms with Crippen LogP contribution in [0.25, 0.3) is 0 Å². The maximum absolute atomic E-state index is 12.0. The van der Waals surface area contributed by atoms with Gasteiger partial charge in [-0.1, -0.05) is 0 Å². The fourth-order valence-corrected chi connectivity index (χ4v) is 1.66. The van der Waals surface area contributed by atoms with Gasteiger partial charge in [-0.3, -0.25) is 0 Å². The first-order valence-electron chi connectivity index (χ1n) is 4.92. The van der Waals surface area contributed by atoms with Crippen LogP contribution in [0.2, 0.25) is 0 Å². The van der Waals surface area contributed by atoms with Gasteiger partial charge in [-0.15, -0.1) is 0 Å². The summed E-state index contributed by atoms with van der Waals surface area (Å²) in [4.78, 5) is 13.7. The summed E-state index contributed by atoms with van der Waals surface area (Å²) in [6.45, 7) is 5.79. The molecule has 1 amide bonds. The Morgan fingerprint density at radius 1 is 1.06 bits per heavy atom. The van der Waals surface area contributed by atoms with Crippen LogP contribution < -0.4 is 9.30 Å². The van der Waals surface area contributed by atoms with Crippen LogP contribution in [0.1, 0.15) is 20.8 Å². The Labute approximate surface area is 116 Å². The minimum absolute atomic E-state index is 0. The molecule has 5 nitrogen and oxygen atoms in total. The molecule has 0 radical (unpaired) electrons. The Morgan fingerprint density at radius 3 is 1.78 bits per heavy atom. The topological polar surface area (TPSA) is 110 Å². The van der Waals surface area contributed by atoms with Gasteiger partial charge in [0, 0.05) is 0 Å². The molecule has 1 aromatic rings. The summed E-state index contributed by atoms with van der Waals surface area (Å²) >= 11 is 2.04. The van der Waals surface area contributed by atoms with Crippen molar-refractivity contribution in [3.8, 4) is 0 Å². The van der Waals surface area contributed by atoms with E-state index in [-0.39, 0.29) is 27.8 Å². The second-order valence-electron chi connectivity index (χ2n) is 4.66. The van der Waals surface area contributed by atoms with Crippen molar-refractivity contribution >= 4 is 32.5 Å². The van der Waals surface area contributed by atoms with E-state index in [0.717, 1.165) is 5.69 Å². The zero-order valence-electron chi connectivity index (χ0n) is 11.0. The average Bonchev–Trinajstić information content (AvgIpc) is 2.15. The first-order valence-corrected chi connectivity index (χ1v) is 5.97. The molecule has 6 heteroatoms. The largest absolute Gasteiger partial charge is 0.870 e. The van der Waals surface area contributed by atoms with Gasteiger partial charge in [0.2, 0.25) is 0 Å². The number of hydrogen-bond donors (Lipinski definition) is 0. The molecule has 3 N–H and O–H groups in total. The molecule has 1 rings (SSSR count). The molecule has 0 fully saturated rings. The molecule has 0 aliphatic heterocycles. The molecule has 0 aliphatic rings. The normalized spacial score (nSPS) is 9.44. The third kappa shape index (κ3) is 5.63. The van der Waals surface area contributed by atoms with Crippen molar-refractivity contribution in [2.24, 2.45) is 5.41 Å². The van der Waals surface area contributed by atoms with E-state index in [9.17, 15) is 4.79 Å². The molecule has 0 aromatic heterocycles. The van der Waals surface area contributed by atoms with Crippen LogP contribution >= 0.6 is 0 Å². The third-order valence-electron chi connectivity index (χ3n) is 2.20. The maximum atomic E-state index is 12.0. The van der Waals surface area contributed by atoms with E-state index in [1.165, 1.54) is 4.40 Å². The standard InChI is InChI=1S/C12H16GeNO.3H2O/c1-12(2,3)11(15)14(4)10-7-5-9(13)6-8-10;;;/h5-8H,1-4H3;3*1H2/q+3;;;/p-3. The summed E-state index contributed by atoms with van der Waals surface area (Å²) in [5, 5.41) is 0. The molecule has 0 bridgehead atoms. The van der Waals surface area contributed by atoms with Gasteiger partial charge < -0.3 is 16.4 Å². The van der Waals surface area contributed by atoms with E-state index in [1.807, 2.05) is 68.6 Å². The van der Waals surface area contributed by atoms with Crippen molar-refractivity contribution in [2.75, 3.05) is 11.9 Å². The van der Waals surface area contributed by atoms with Crippen molar-refractivity contribution in [3.05, 3.63) is 24.3 Å².